The van der Waals surface area contributed by atoms with E-state index in [1.807, 2.05) is 13.8 Å². The lowest BCUT2D eigenvalue weighted by atomic mass is 9.89. The van der Waals surface area contributed by atoms with Crippen LogP contribution in [-0.4, -0.2) is 25.5 Å². The van der Waals surface area contributed by atoms with E-state index < -0.39 is 11.6 Å². The summed E-state index contributed by atoms with van der Waals surface area (Å²) >= 11 is 0. The van der Waals surface area contributed by atoms with Crippen LogP contribution in [0, 0.1) is 0 Å². The second-order valence-corrected chi connectivity index (χ2v) is 3.56. The maximum absolute atomic E-state index is 10.1. The average Bonchev–Trinajstić information content (AvgIpc) is 2.62. The Balaban J connectivity index is 2.88. The first-order valence-corrected chi connectivity index (χ1v) is 4.87. The third-order valence-corrected chi connectivity index (χ3v) is 2.70. The molecule has 1 aromatic heterocycles. The predicted octanol–water partition coefficient (Wildman–Crippen LogP) is 0.366. The summed E-state index contributed by atoms with van der Waals surface area (Å²) in [4.78, 5) is 4.04. The molecule has 0 bridgehead atoms. The lowest BCUT2D eigenvalue weighted by Crippen LogP contribution is -2.40. The van der Waals surface area contributed by atoms with Crippen molar-refractivity contribution >= 4 is 0 Å². The Morgan fingerprint density at radius 2 is 2.14 bits per heavy atom. The summed E-state index contributed by atoms with van der Waals surface area (Å²) in [6.45, 7) is 3.82. The van der Waals surface area contributed by atoms with Gasteiger partial charge >= 0.3 is 0 Å². The molecule has 1 heterocycles. The van der Waals surface area contributed by atoms with E-state index in [4.69, 9.17) is 5.73 Å². The van der Waals surface area contributed by atoms with Gasteiger partial charge in [-0.05, 0) is 12.8 Å². The van der Waals surface area contributed by atoms with Gasteiger partial charge in [0.15, 0.2) is 5.82 Å². The molecule has 3 N–H and O–H groups in total. The Hall–Kier alpha value is -0.940. The Morgan fingerprint density at radius 1 is 1.57 bits per heavy atom. The lowest BCUT2D eigenvalue weighted by molar-refractivity contribution is 0.00314. The summed E-state index contributed by atoms with van der Waals surface area (Å²) in [7, 11) is 1.78. The van der Waals surface area contributed by atoms with E-state index >= 15 is 0 Å². The summed E-state index contributed by atoms with van der Waals surface area (Å²) in [6, 6.07) is -0.515. The normalized spacial score (nSPS) is 14.4. The fourth-order valence-electron chi connectivity index (χ4n) is 1.43. The highest BCUT2D eigenvalue weighted by Crippen LogP contribution is 2.27. The highest BCUT2D eigenvalue weighted by atomic mass is 16.3. The van der Waals surface area contributed by atoms with E-state index in [-0.39, 0.29) is 0 Å². The van der Waals surface area contributed by atoms with E-state index in [1.165, 1.54) is 0 Å². The number of rotatable bonds is 4. The molecule has 14 heavy (non-hydrogen) atoms. The first kappa shape index (κ1) is 11.1. The zero-order valence-electron chi connectivity index (χ0n) is 8.94. The number of aryl methyl sites for hydroxylation is 1. The van der Waals surface area contributed by atoms with E-state index in [2.05, 4.69) is 10.1 Å². The van der Waals surface area contributed by atoms with E-state index in [9.17, 15) is 5.11 Å². The van der Waals surface area contributed by atoms with Crippen LogP contribution >= 0.6 is 0 Å². The molecule has 1 atom stereocenters. The quantitative estimate of drug-likeness (QED) is 0.732. The van der Waals surface area contributed by atoms with Gasteiger partial charge in [-0.25, -0.2) is 4.98 Å². The van der Waals surface area contributed by atoms with Crippen molar-refractivity contribution in [3.63, 3.8) is 0 Å². The van der Waals surface area contributed by atoms with Gasteiger partial charge in [-0.15, -0.1) is 0 Å². The first-order valence-electron chi connectivity index (χ1n) is 4.87. The minimum Gasteiger partial charge on any atom is -0.388 e. The molecule has 0 amide bonds. The van der Waals surface area contributed by atoms with Crippen LogP contribution in [0.25, 0.3) is 0 Å². The number of nitrogens with two attached hydrogens (primary N) is 1. The van der Waals surface area contributed by atoms with Crippen LogP contribution in [0.15, 0.2) is 6.33 Å². The highest BCUT2D eigenvalue weighted by molar-refractivity contribution is 5.01. The molecular weight excluding hydrogens is 180 g/mol. The fourth-order valence-corrected chi connectivity index (χ4v) is 1.43. The molecule has 0 aliphatic rings. The third-order valence-electron chi connectivity index (χ3n) is 2.70. The topological polar surface area (TPSA) is 77.0 Å². The molecule has 5 nitrogen and oxygen atoms in total. The Kier molecular flexibility index (Phi) is 3.23. The summed E-state index contributed by atoms with van der Waals surface area (Å²) in [5.41, 5.74) is 5.02. The van der Waals surface area contributed by atoms with Crippen molar-refractivity contribution in [3.8, 4) is 0 Å². The predicted molar refractivity (Wildman–Crippen MR) is 53.5 cm³/mol. The summed E-state index contributed by atoms with van der Waals surface area (Å²) < 4.78 is 1.58. The van der Waals surface area contributed by atoms with Crippen molar-refractivity contribution < 1.29 is 5.11 Å². The van der Waals surface area contributed by atoms with E-state index in [1.54, 1.807) is 18.1 Å². The molecule has 0 radical (unpaired) electrons. The molecule has 1 aromatic rings. The van der Waals surface area contributed by atoms with Crippen molar-refractivity contribution in [1.82, 2.24) is 14.8 Å². The molecular formula is C9H18N4O. The maximum atomic E-state index is 10.1. The Labute approximate surface area is 83.9 Å². The molecule has 1 unspecified atom stereocenters. The molecule has 0 aliphatic heterocycles. The van der Waals surface area contributed by atoms with Gasteiger partial charge in [-0.2, -0.15) is 5.10 Å². The highest BCUT2D eigenvalue weighted by Gasteiger charge is 2.33. The molecule has 0 saturated heterocycles. The van der Waals surface area contributed by atoms with Gasteiger partial charge in [0.1, 0.15) is 6.33 Å². The molecule has 0 saturated carbocycles. The number of aliphatic hydroxyl groups is 1. The van der Waals surface area contributed by atoms with Crippen LogP contribution in [0.3, 0.4) is 0 Å². The number of hydrogen-bond donors (Lipinski definition) is 2. The average molecular weight is 198 g/mol. The van der Waals surface area contributed by atoms with Gasteiger partial charge in [0, 0.05) is 7.05 Å². The van der Waals surface area contributed by atoms with E-state index in [0.29, 0.717) is 18.7 Å². The van der Waals surface area contributed by atoms with Crippen molar-refractivity contribution in [2.24, 2.45) is 12.8 Å². The Bertz CT molecular complexity index is 293. The van der Waals surface area contributed by atoms with Crippen molar-refractivity contribution in [3.05, 3.63) is 12.2 Å². The second-order valence-electron chi connectivity index (χ2n) is 3.56. The lowest BCUT2D eigenvalue weighted by Gasteiger charge is -2.29. The monoisotopic (exact) mass is 198 g/mol. The van der Waals surface area contributed by atoms with Crippen molar-refractivity contribution in [1.29, 1.82) is 0 Å². The van der Waals surface area contributed by atoms with Crippen LogP contribution < -0.4 is 5.73 Å². The fraction of sp³-hybridized carbons (Fsp3) is 0.778. The van der Waals surface area contributed by atoms with Gasteiger partial charge < -0.3 is 10.8 Å². The van der Waals surface area contributed by atoms with Crippen LogP contribution in [0.2, 0.25) is 0 Å². The molecule has 5 heteroatoms. The molecule has 0 fully saturated rings. The molecule has 1 rings (SSSR count). The maximum Gasteiger partial charge on any atom is 0.170 e. The number of hydrogen-bond acceptors (Lipinski definition) is 4. The minimum atomic E-state index is -0.901. The Morgan fingerprint density at radius 3 is 2.50 bits per heavy atom. The van der Waals surface area contributed by atoms with Gasteiger partial charge in [0.25, 0.3) is 0 Å². The molecule has 0 spiro atoms. The van der Waals surface area contributed by atoms with Crippen LogP contribution in [0.5, 0.6) is 0 Å². The zero-order chi connectivity index (χ0) is 10.8. The molecule has 80 valence electrons. The SMILES string of the molecule is CCC(O)(CC)C(N)c1ncn(C)n1. The second kappa shape index (κ2) is 4.06. The van der Waals surface area contributed by atoms with Gasteiger partial charge in [0.2, 0.25) is 0 Å². The number of nitrogens with zero attached hydrogens (tertiary/aromatic N) is 3. The van der Waals surface area contributed by atoms with Gasteiger partial charge in [0.05, 0.1) is 11.6 Å². The molecule has 0 aliphatic carbocycles. The van der Waals surface area contributed by atoms with Gasteiger partial charge in [-0.3, -0.25) is 4.68 Å². The standard InChI is InChI=1S/C9H18N4O/c1-4-9(14,5-2)7(10)8-11-6-13(3)12-8/h6-7,14H,4-5,10H2,1-3H3. The third kappa shape index (κ3) is 1.93. The summed E-state index contributed by atoms with van der Waals surface area (Å²) in [6.07, 6.45) is 2.78. The van der Waals surface area contributed by atoms with E-state index in [0.717, 1.165) is 0 Å². The minimum absolute atomic E-state index is 0.499. The zero-order valence-corrected chi connectivity index (χ0v) is 8.94. The van der Waals surface area contributed by atoms with Crippen molar-refractivity contribution in [2.75, 3.05) is 0 Å². The summed E-state index contributed by atoms with van der Waals surface area (Å²) in [5, 5.41) is 14.2. The summed E-state index contributed by atoms with van der Waals surface area (Å²) in [5.74, 6) is 0.499. The van der Waals surface area contributed by atoms with Crippen LogP contribution in [-0.2, 0) is 7.05 Å². The van der Waals surface area contributed by atoms with Gasteiger partial charge in [-0.1, -0.05) is 13.8 Å². The molecule has 0 aromatic carbocycles. The van der Waals surface area contributed by atoms with Crippen LogP contribution in [0.1, 0.15) is 38.6 Å². The largest absolute Gasteiger partial charge is 0.388 e. The number of aromatic nitrogens is 3. The smallest absolute Gasteiger partial charge is 0.170 e. The van der Waals surface area contributed by atoms with Crippen molar-refractivity contribution in [2.45, 2.75) is 38.3 Å². The van der Waals surface area contributed by atoms with Crippen LogP contribution in [0.4, 0.5) is 0 Å². The first-order chi connectivity index (χ1) is 6.53.